The molecule has 0 atom stereocenters. The highest BCUT2D eigenvalue weighted by Crippen LogP contribution is 2.25. The Balaban J connectivity index is 2.64. The topological polar surface area (TPSA) is 122 Å². The van der Waals surface area contributed by atoms with Gasteiger partial charge in [0, 0.05) is 18.5 Å². The van der Waals surface area contributed by atoms with Crippen molar-refractivity contribution in [2.75, 3.05) is 6.54 Å². The van der Waals surface area contributed by atoms with Gasteiger partial charge in [-0.05, 0) is 44.5 Å². The third kappa shape index (κ3) is 6.40. The average molecular weight is 331 g/mol. The minimum absolute atomic E-state index is 0.0978. The maximum absolute atomic E-state index is 12.0. The molecule has 0 heterocycles. The number of amides is 2. The normalized spacial score (nSPS) is 11.5. The maximum atomic E-state index is 12.0. The monoisotopic (exact) mass is 331 g/mol. The third-order valence-electron chi connectivity index (χ3n) is 2.83. The third-order valence-corrected chi connectivity index (χ3v) is 2.83. The molecule has 4 N–H and O–H groups in total. The van der Waals surface area contributed by atoms with Crippen LogP contribution in [0.2, 0.25) is 0 Å². The number of nitrogens with zero attached hydrogens (tertiary/aromatic N) is 1. The first-order chi connectivity index (χ1) is 11.1. The minimum Gasteiger partial charge on any atom is -0.504 e. The van der Waals surface area contributed by atoms with Crippen molar-refractivity contribution in [2.24, 2.45) is 0 Å². The summed E-state index contributed by atoms with van der Waals surface area (Å²) in [7, 11) is 0. The molecule has 0 bridgehead atoms. The summed E-state index contributed by atoms with van der Waals surface area (Å²) < 4.78 is 0. The summed E-state index contributed by atoms with van der Waals surface area (Å²) in [6.07, 6.45) is 1.38. The van der Waals surface area contributed by atoms with Crippen LogP contribution < -0.4 is 10.6 Å². The van der Waals surface area contributed by atoms with Crippen molar-refractivity contribution >= 4 is 17.9 Å². The highest BCUT2D eigenvalue weighted by Gasteiger charge is 2.14. The molecule has 0 aromatic heterocycles. The van der Waals surface area contributed by atoms with Crippen molar-refractivity contribution in [3.8, 4) is 17.6 Å². The van der Waals surface area contributed by atoms with Gasteiger partial charge in [-0.1, -0.05) is 6.07 Å². The maximum Gasteiger partial charge on any atom is 0.261 e. The standard InChI is InChI=1S/C17H21N3O4/c1-17(2,3)20-15(23)6-7-19-16(24)12(10-18)8-11-4-5-13(21)14(22)9-11/h4-5,8-9,21-22H,6-7H2,1-3H3,(H,19,24)(H,20,23)/b12-8+. The van der Waals surface area contributed by atoms with Crippen LogP contribution in [0.1, 0.15) is 32.8 Å². The molecule has 7 heteroatoms. The number of nitriles is 1. The van der Waals surface area contributed by atoms with Gasteiger partial charge in [0.15, 0.2) is 11.5 Å². The number of hydrogen-bond donors (Lipinski definition) is 4. The predicted octanol–water partition coefficient (Wildman–Crippen LogP) is 1.43. The number of nitrogens with one attached hydrogen (secondary N) is 2. The molecule has 1 aromatic rings. The number of aromatic hydroxyl groups is 2. The zero-order chi connectivity index (χ0) is 18.3. The van der Waals surface area contributed by atoms with Crippen molar-refractivity contribution < 1.29 is 19.8 Å². The molecule has 0 fully saturated rings. The van der Waals surface area contributed by atoms with E-state index in [0.717, 1.165) is 0 Å². The Morgan fingerprint density at radius 2 is 1.92 bits per heavy atom. The van der Waals surface area contributed by atoms with Gasteiger partial charge in [0.25, 0.3) is 5.91 Å². The van der Waals surface area contributed by atoms with Crippen molar-refractivity contribution in [1.82, 2.24) is 10.6 Å². The van der Waals surface area contributed by atoms with E-state index in [-0.39, 0.29) is 41.5 Å². The van der Waals surface area contributed by atoms with E-state index in [0.29, 0.717) is 5.56 Å². The number of phenolic OH excluding ortho intramolecular Hbond substituents is 2. The second-order valence-corrected chi connectivity index (χ2v) is 6.22. The Bertz CT molecular complexity index is 697. The lowest BCUT2D eigenvalue weighted by Gasteiger charge is -2.20. The van der Waals surface area contributed by atoms with E-state index >= 15 is 0 Å². The summed E-state index contributed by atoms with van der Waals surface area (Å²) in [5.41, 5.74) is -0.126. The Morgan fingerprint density at radius 1 is 1.25 bits per heavy atom. The molecule has 0 aliphatic heterocycles. The second kappa shape index (κ2) is 8.02. The van der Waals surface area contributed by atoms with Gasteiger partial charge in [-0.3, -0.25) is 9.59 Å². The summed E-state index contributed by atoms with van der Waals surface area (Å²) in [6.45, 7) is 5.66. The number of carbonyl (C=O) groups is 2. The highest BCUT2D eigenvalue weighted by molar-refractivity contribution is 6.01. The number of benzene rings is 1. The summed E-state index contributed by atoms with van der Waals surface area (Å²) in [4.78, 5) is 23.6. The molecular weight excluding hydrogens is 310 g/mol. The van der Waals surface area contributed by atoms with E-state index in [1.165, 1.54) is 24.3 Å². The van der Waals surface area contributed by atoms with Crippen LogP contribution in [0.25, 0.3) is 6.08 Å². The predicted molar refractivity (Wildman–Crippen MR) is 88.9 cm³/mol. The van der Waals surface area contributed by atoms with Crippen molar-refractivity contribution in [3.63, 3.8) is 0 Å². The minimum atomic E-state index is -0.617. The molecule has 0 spiro atoms. The molecule has 128 valence electrons. The number of phenols is 2. The van der Waals surface area contributed by atoms with Gasteiger partial charge in [-0.25, -0.2) is 0 Å². The van der Waals surface area contributed by atoms with Crippen molar-refractivity contribution in [1.29, 1.82) is 5.26 Å². The first-order valence-corrected chi connectivity index (χ1v) is 7.35. The first kappa shape index (κ1) is 19.0. The van der Waals surface area contributed by atoms with Crippen LogP contribution in [0.3, 0.4) is 0 Å². The van der Waals surface area contributed by atoms with E-state index in [1.807, 2.05) is 20.8 Å². The Kier molecular flexibility index (Phi) is 6.36. The van der Waals surface area contributed by atoms with Crippen LogP contribution in [0.15, 0.2) is 23.8 Å². The quantitative estimate of drug-likeness (QED) is 0.369. The average Bonchev–Trinajstić information content (AvgIpc) is 2.46. The zero-order valence-corrected chi connectivity index (χ0v) is 13.9. The molecule has 0 saturated carbocycles. The first-order valence-electron chi connectivity index (χ1n) is 7.35. The molecule has 0 saturated heterocycles. The highest BCUT2D eigenvalue weighted by atomic mass is 16.3. The summed E-state index contributed by atoms with van der Waals surface area (Å²) >= 11 is 0. The molecule has 2 amide bonds. The smallest absolute Gasteiger partial charge is 0.261 e. The zero-order valence-electron chi connectivity index (χ0n) is 13.9. The summed E-state index contributed by atoms with van der Waals surface area (Å²) in [6, 6.07) is 5.71. The van der Waals surface area contributed by atoms with Gasteiger partial charge in [-0.2, -0.15) is 5.26 Å². The van der Waals surface area contributed by atoms with Gasteiger partial charge in [0.1, 0.15) is 11.6 Å². The van der Waals surface area contributed by atoms with Crippen LogP contribution in [0.5, 0.6) is 11.5 Å². The van der Waals surface area contributed by atoms with Crippen LogP contribution in [0.4, 0.5) is 0 Å². The molecule has 0 aliphatic carbocycles. The van der Waals surface area contributed by atoms with Crippen LogP contribution in [-0.2, 0) is 9.59 Å². The van der Waals surface area contributed by atoms with E-state index < -0.39 is 5.91 Å². The molecule has 0 aliphatic rings. The molecule has 0 radical (unpaired) electrons. The fourth-order valence-corrected chi connectivity index (χ4v) is 1.81. The summed E-state index contributed by atoms with van der Waals surface area (Å²) in [5.74, 6) is -1.46. The fourth-order valence-electron chi connectivity index (χ4n) is 1.81. The number of hydrogen-bond acceptors (Lipinski definition) is 5. The summed E-state index contributed by atoms with van der Waals surface area (Å²) in [5, 5.41) is 33.0. The molecular formula is C17H21N3O4. The molecule has 24 heavy (non-hydrogen) atoms. The lowest BCUT2D eigenvalue weighted by molar-refractivity contribution is -0.122. The fraction of sp³-hybridized carbons (Fsp3) is 0.353. The van der Waals surface area contributed by atoms with Crippen LogP contribution in [0, 0.1) is 11.3 Å². The Labute approximate surface area is 140 Å². The second-order valence-electron chi connectivity index (χ2n) is 6.22. The van der Waals surface area contributed by atoms with Gasteiger partial charge in [0.2, 0.25) is 5.91 Å². The SMILES string of the molecule is CC(C)(C)NC(=O)CCNC(=O)/C(C#N)=C/c1ccc(O)c(O)c1. The molecule has 1 rings (SSSR count). The van der Waals surface area contributed by atoms with Crippen LogP contribution in [-0.4, -0.2) is 34.1 Å². The van der Waals surface area contributed by atoms with Gasteiger partial charge in [-0.15, -0.1) is 0 Å². The van der Waals surface area contributed by atoms with Gasteiger partial charge < -0.3 is 20.8 Å². The molecule has 1 aromatic carbocycles. The lowest BCUT2D eigenvalue weighted by Crippen LogP contribution is -2.42. The molecule has 0 unspecified atom stereocenters. The Morgan fingerprint density at radius 3 is 2.46 bits per heavy atom. The number of carbonyl (C=O) groups excluding carboxylic acids is 2. The largest absolute Gasteiger partial charge is 0.504 e. The van der Waals surface area contributed by atoms with E-state index in [4.69, 9.17) is 5.26 Å². The van der Waals surface area contributed by atoms with Gasteiger partial charge >= 0.3 is 0 Å². The van der Waals surface area contributed by atoms with E-state index in [1.54, 1.807) is 6.07 Å². The van der Waals surface area contributed by atoms with Crippen molar-refractivity contribution in [2.45, 2.75) is 32.7 Å². The lowest BCUT2D eigenvalue weighted by atomic mass is 10.1. The van der Waals surface area contributed by atoms with Crippen LogP contribution >= 0.6 is 0 Å². The number of rotatable bonds is 5. The Hall–Kier alpha value is -3.01. The van der Waals surface area contributed by atoms with E-state index in [9.17, 15) is 19.8 Å². The molecule has 7 nitrogen and oxygen atoms in total. The van der Waals surface area contributed by atoms with Gasteiger partial charge in [0.05, 0.1) is 0 Å². The van der Waals surface area contributed by atoms with E-state index in [2.05, 4.69) is 10.6 Å². The van der Waals surface area contributed by atoms with Crippen molar-refractivity contribution in [3.05, 3.63) is 29.3 Å².